The molecule has 0 aromatic carbocycles. The topological polar surface area (TPSA) is 43.8 Å². The van der Waals surface area contributed by atoms with Crippen molar-refractivity contribution in [3.63, 3.8) is 0 Å². The minimum atomic E-state index is 0.435. The first kappa shape index (κ1) is 7.57. The van der Waals surface area contributed by atoms with Gasteiger partial charge in [0.2, 0.25) is 0 Å². The molecule has 0 saturated heterocycles. The fraction of sp³-hybridized carbons (Fsp3) is 0.500. The normalized spacial score (nSPS) is 10.4. The number of rotatable bonds is 1. The molecule has 0 saturated carbocycles. The maximum Gasteiger partial charge on any atom is 0.150 e. The fourth-order valence-corrected chi connectivity index (χ4v) is 1.01. The molecule has 0 unspecified atom stereocenters. The smallest absolute Gasteiger partial charge is 0.150 e. The SMILES string of the molecule is Cc1c(Cl)nc(CN)n1C. The summed E-state index contributed by atoms with van der Waals surface area (Å²) in [5.74, 6) is 0.822. The van der Waals surface area contributed by atoms with Crippen molar-refractivity contribution >= 4 is 11.6 Å². The molecule has 1 heterocycles. The highest BCUT2D eigenvalue weighted by atomic mass is 35.5. The number of aromatic nitrogens is 2. The van der Waals surface area contributed by atoms with Crippen LogP contribution in [0.25, 0.3) is 0 Å². The number of imidazole rings is 1. The van der Waals surface area contributed by atoms with Crippen molar-refractivity contribution in [3.8, 4) is 0 Å². The van der Waals surface area contributed by atoms with E-state index in [2.05, 4.69) is 4.98 Å². The van der Waals surface area contributed by atoms with Crippen LogP contribution in [-0.2, 0) is 13.6 Å². The average molecular weight is 160 g/mol. The van der Waals surface area contributed by atoms with E-state index < -0.39 is 0 Å². The summed E-state index contributed by atoms with van der Waals surface area (Å²) in [6.07, 6.45) is 0. The van der Waals surface area contributed by atoms with E-state index in [1.807, 2.05) is 18.5 Å². The third kappa shape index (κ3) is 1.02. The van der Waals surface area contributed by atoms with Gasteiger partial charge in [0, 0.05) is 7.05 Å². The van der Waals surface area contributed by atoms with Crippen LogP contribution < -0.4 is 5.73 Å². The van der Waals surface area contributed by atoms with E-state index >= 15 is 0 Å². The van der Waals surface area contributed by atoms with Crippen LogP contribution in [0.2, 0.25) is 5.15 Å². The van der Waals surface area contributed by atoms with E-state index in [0.29, 0.717) is 11.7 Å². The van der Waals surface area contributed by atoms with E-state index in [-0.39, 0.29) is 0 Å². The number of hydrogen-bond donors (Lipinski definition) is 1. The summed E-state index contributed by atoms with van der Waals surface area (Å²) < 4.78 is 1.89. The van der Waals surface area contributed by atoms with Gasteiger partial charge in [-0.05, 0) is 6.92 Å². The summed E-state index contributed by atoms with van der Waals surface area (Å²) in [4.78, 5) is 4.03. The molecule has 0 amide bonds. The molecule has 4 heteroatoms. The van der Waals surface area contributed by atoms with Gasteiger partial charge in [-0.1, -0.05) is 11.6 Å². The Bertz CT molecular complexity index is 241. The molecule has 0 aliphatic rings. The first-order valence-electron chi connectivity index (χ1n) is 3.04. The van der Waals surface area contributed by atoms with Crippen LogP contribution in [0.3, 0.4) is 0 Å². The van der Waals surface area contributed by atoms with Crippen LogP contribution in [0.5, 0.6) is 0 Å². The van der Waals surface area contributed by atoms with Gasteiger partial charge in [-0.3, -0.25) is 0 Å². The van der Waals surface area contributed by atoms with Gasteiger partial charge in [-0.15, -0.1) is 0 Å². The second-order valence-electron chi connectivity index (χ2n) is 2.17. The monoisotopic (exact) mass is 159 g/mol. The Morgan fingerprint density at radius 2 is 2.30 bits per heavy atom. The Labute approximate surface area is 64.8 Å². The molecule has 10 heavy (non-hydrogen) atoms. The third-order valence-corrected chi connectivity index (χ3v) is 1.96. The predicted octanol–water partition coefficient (Wildman–Crippen LogP) is 0.841. The molecule has 1 aromatic heterocycles. The molecule has 0 spiro atoms. The van der Waals surface area contributed by atoms with Crippen LogP contribution >= 0.6 is 11.6 Å². The molecule has 2 N–H and O–H groups in total. The lowest BCUT2D eigenvalue weighted by molar-refractivity contribution is 0.774. The summed E-state index contributed by atoms with van der Waals surface area (Å²) in [6.45, 7) is 2.35. The summed E-state index contributed by atoms with van der Waals surface area (Å²) in [5.41, 5.74) is 6.35. The lowest BCUT2D eigenvalue weighted by Gasteiger charge is -1.97. The number of nitrogens with two attached hydrogens (primary N) is 1. The van der Waals surface area contributed by atoms with E-state index in [1.54, 1.807) is 0 Å². The first-order chi connectivity index (χ1) is 4.66. The molecule has 0 aliphatic carbocycles. The van der Waals surface area contributed by atoms with Gasteiger partial charge in [0.1, 0.15) is 11.0 Å². The van der Waals surface area contributed by atoms with Crippen molar-refractivity contribution in [1.82, 2.24) is 9.55 Å². The Hall–Kier alpha value is -0.540. The lowest BCUT2D eigenvalue weighted by atomic mass is 10.5. The molecule has 1 rings (SSSR count). The highest BCUT2D eigenvalue weighted by Crippen LogP contribution is 2.13. The van der Waals surface area contributed by atoms with Crippen molar-refractivity contribution in [2.24, 2.45) is 12.8 Å². The highest BCUT2D eigenvalue weighted by molar-refractivity contribution is 6.30. The van der Waals surface area contributed by atoms with Gasteiger partial charge >= 0.3 is 0 Å². The van der Waals surface area contributed by atoms with Gasteiger partial charge < -0.3 is 10.3 Å². The highest BCUT2D eigenvalue weighted by Gasteiger charge is 2.05. The van der Waals surface area contributed by atoms with Gasteiger partial charge in [0.15, 0.2) is 0 Å². The number of halogens is 1. The van der Waals surface area contributed by atoms with E-state index in [0.717, 1.165) is 11.5 Å². The van der Waals surface area contributed by atoms with Gasteiger partial charge in [0.25, 0.3) is 0 Å². The van der Waals surface area contributed by atoms with Crippen LogP contribution in [0, 0.1) is 6.92 Å². The Morgan fingerprint density at radius 3 is 2.50 bits per heavy atom. The minimum Gasteiger partial charge on any atom is -0.333 e. The van der Waals surface area contributed by atoms with Gasteiger partial charge in [-0.2, -0.15) is 0 Å². The van der Waals surface area contributed by atoms with Crippen molar-refractivity contribution in [2.75, 3.05) is 0 Å². The standard InChI is InChI=1S/C6H10ClN3/c1-4-6(7)9-5(3-8)10(4)2/h3,8H2,1-2H3. The van der Waals surface area contributed by atoms with E-state index in [4.69, 9.17) is 17.3 Å². The van der Waals surface area contributed by atoms with Crippen molar-refractivity contribution in [2.45, 2.75) is 13.5 Å². The zero-order valence-electron chi connectivity index (χ0n) is 6.06. The second-order valence-corrected chi connectivity index (χ2v) is 2.53. The zero-order chi connectivity index (χ0) is 7.72. The van der Waals surface area contributed by atoms with E-state index in [1.165, 1.54) is 0 Å². The Kier molecular flexibility index (Phi) is 1.97. The van der Waals surface area contributed by atoms with Gasteiger partial charge in [0.05, 0.1) is 12.2 Å². The zero-order valence-corrected chi connectivity index (χ0v) is 6.81. The predicted molar refractivity (Wildman–Crippen MR) is 40.8 cm³/mol. The van der Waals surface area contributed by atoms with Crippen LogP contribution in [0.1, 0.15) is 11.5 Å². The van der Waals surface area contributed by atoms with Crippen molar-refractivity contribution in [3.05, 3.63) is 16.7 Å². The molecule has 1 aromatic rings. The molecular formula is C6H10ClN3. The third-order valence-electron chi connectivity index (χ3n) is 1.60. The van der Waals surface area contributed by atoms with Crippen LogP contribution in [-0.4, -0.2) is 9.55 Å². The fourth-order valence-electron chi connectivity index (χ4n) is 0.784. The molecular weight excluding hydrogens is 150 g/mol. The second kappa shape index (κ2) is 2.60. The molecule has 56 valence electrons. The van der Waals surface area contributed by atoms with Crippen LogP contribution in [0.15, 0.2) is 0 Å². The maximum atomic E-state index is 5.73. The summed E-state index contributed by atoms with van der Waals surface area (Å²) in [5, 5.41) is 0.544. The molecule has 3 nitrogen and oxygen atoms in total. The number of nitrogens with zero attached hydrogens (tertiary/aromatic N) is 2. The lowest BCUT2D eigenvalue weighted by Crippen LogP contribution is -2.05. The average Bonchev–Trinajstić information content (AvgIpc) is 2.17. The van der Waals surface area contributed by atoms with E-state index in [9.17, 15) is 0 Å². The Balaban J connectivity index is 3.17. The quantitative estimate of drug-likeness (QED) is 0.660. The van der Waals surface area contributed by atoms with Crippen LogP contribution in [0.4, 0.5) is 0 Å². The van der Waals surface area contributed by atoms with Gasteiger partial charge in [-0.25, -0.2) is 4.98 Å². The Morgan fingerprint density at radius 1 is 1.70 bits per heavy atom. The first-order valence-corrected chi connectivity index (χ1v) is 3.42. The molecule has 0 radical (unpaired) electrons. The van der Waals surface area contributed by atoms with Crippen molar-refractivity contribution in [1.29, 1.82) is 0 Å². The largest absolute Gasteiger partial charge is 0.333 e. The maximum absolute atomic E-state index is 5.73. The molecule has 0 atom stereocenters. The molecule has 0 bridgehead atoms. The summed E-state index contributed by atoms with van der Waals surface area (Å²) in [6, 6.07) is 0. The summed E-state index contributed by atoms with van der Waals surface area (Å²) in [7, 11) is 1.90. The molecule has 0 aliphatic heterocycles. The molecule has 0 fully saturated rings. The summed E-state index contributed by atoms with van der Waals surface area (Å²) >= 11 is 5.73. The number of hydrogen-bond acceptors (Lipinski definition) is 2. The van der Waals surface area contributed by atoms with Crippen molar-refractivity contribution < 1.29 is 0 Å². The minimum absolute atomic E-state index is 0.435.